The van der Waals surface area contributed by atoms with Crippen LogP contribution in [0.5, 0.6) is 5.75 Å². The van der Waals surface area contributed by atoms with E-state index >= 15 is 0 Å². The number of hydrogen-bond acceptors (Lipinski definition) is 2. The minimum atomic E-state index is -0.479. The van der Waals surface area contributed by atoms with Crippen molar-refractivity contribution in [3.63, 3.8) is 0 Å². The van der Waals surface area contributed by atoms with Crippen LogP contribution in [-0.4, -0.2) is 11.0 Å². The van der Waals surface area contributed by atoms with E-state index in [4.69, 9.17) is 34.8 Å². The summed E-state index contributed by atoms with van der Waals surface area (Å²) in [7, 11) is 0. The molecular formula is C13H8Cl3NO2. The monoisotopic (exact) mass is 315 g/mol. The molecule has 0 aliphatic rings. The lowest BCUT2D eigenvalue weighted by Gasteiger charge is -2.08. The second-order valence-corrected chi connectivity index (χ2v) is 5.08. The van der Waals surface area contributed by atoms with Gasteiger partial charge in [0.25, 0.3) is 5.91 Å². The molecular weight excluding hydrogens is 309 g/mol. The van der Waals surface area contributed by atoms with E-state index < -0.39 is 5.91 Å². The lowest BCUT2D eigenvalue weighted by molar-refractivity contribution is 0.102. The SMILES string of the molecule is O=C(Nc1cc(Cl)cc(Cl)c1)c1ccc(Cl)cc1O. The Bertz CT molecular complexity index is 624. The molecule has 0 heterocycles. The first-order chi connectivity index (χ1) is 8.95. The second-order valence-electron chi connectivity index (χ2n) is 3.77. The lowest BCUT2D eigenvalue weighted by atomic mass is 10.2. The summed E-state index contributed by atoms with van der Waals surface area (Å²) in [5.41, 5.74) is 0.553. The number of aromatic hydroxyl groups is 1. The van der Waals surface area contributed by atoms with E-state index in [-0.39, 0.29) is 11.3 Å². The number of phenolic OH excluding ortho intramolecular Hbond substituents is 1. The van der Waals surface area contributed by atoms with Crippen molar-refractivity contribution in [3.05, 3.63) is 57.0 Å². The van der Waals surface area contributed by atoms with Crippen LogP contribution in [0.25, 0.3) is 0 Å². The molecule has 98 valence electrons. The summed E-state index contributed by atoms with van der Waals surface area (Å²) in [5, 5.41) is 13.4. The molecule has 3 nitrogen and oxygen atoms in total. The zero-order valence-corrected chi connectivity index (χ0v) is 11.7. The molecule has 0 atom stereocenters. The van der Waals surface area contributed by atoms with E-state index in [1.807, 2.05) is 0 Å². The van der Waals surface area contributed by atoms with Gasteiger partial charge >= 0.3 is 0 Å². The second kappa shape index (κ2) is 5.70. The third-order valence-corrected chi connectivity index (χ3v) is 3.00. The summed E-state index contributed by atoms with van der Waals surface area (Å²) in [6.45, 7) is 0. The third kappa shape index (κ3) is 3.53. The Morgan fingerprint density at radius 1 is 0.947 bits per heavy atom. The van der Waals surface area contributed by atoms with Gasteiger partial charge in [-0.3, -0.25) is 4.79 Å². The minimum absolute atomic E-state index is 0.112. The molecule has 0 saturated heterocycles. The van der Waals surface area contributed by atoms with Gasteiger partial charge in [-0.1, -0.05) is 34.8 Å². The number of anilines is 1. The molecule has 2 aromatic rings. The number of phenols is 1. The molecule has 0 aromatic heterocycles. The fourth-order valence-electron chi connectivity index (χ4n) is 1.52. The van der Waals surface area contributed by atoms with Crippen molar-refractivity contribution in [2.45, 2.75) is 0 Å². The Kier molecular flexibility index (Phi) is 4.20. The maximum atomic E-state index is 12.0. The van der Waals surface area contributed by atoms with E-state index in [1.165, 1.54) is 18.2 Å². The van der Waals surface area contributed by atoms with Crippen LogP contribution >= 0.6 is 34.8 Å². The number of benzene rings is 2. The number of amides is 1. The zero-order chi connectivity index (χ0) is 14.0. The Labute approximate surface area is 124 Å². The zero-order valence-electron chi connectivity index (χ0n) is 9.45. The first kappa shape index (κ1) is 14.0. The molecule has 0 saturated carbocycles. The summed E-state index contributed by atoms with van der Waals surface area (Å²) in [5.74, 6) is -0.675. The van der Waals surface area contributed by atoms with Gasteiger partial charge < -0.3 is 10.4 Å². The number of rotatable bonds is 2. The van der Waals surface area contributed by atoms with Gasteiger partial charge in [0.05, 0.1) is 5.56 Å². The van der Waals surface area contributed by atoms with Crippen molar-refractivity contribution in [2.75, 3.05) is 5.32 Å². The van der Waals surface area contributed by atoms with Crippen LogP contribution in [0.15, 0.2) is 36.4 Å². The number of nitrogens with one attached hydrogen (secondary N) is 1. The molecule has 0 spiro atoms. The average molecular weight is 317 g/mol. The fraction of sp³-hybridized carbons (Fsp3) is 0. The maximum Gasteiger partial charge on any atom is 0.259 e. The van der Waals surface area contributed by atoms with Gasteiger partial charge in [0.15, 0.2) is 0 Å². The Hall–Kier alpha value is -1.42. The van der Waals surface area contributed by atoms with Crippen LogP contribution in [0.4, 0.5) is 5.69 Å². The summed E-state index contributed by atoms with van der Waals surface area (Å²) in [4.78, 5) is 12.0. The van der Waals surface area contributed by atoms with Gasteiger partial charge in [0, 0.05) is 20.8 Å². The van der Waals surface area contributed by atoms with Crippen molar-refractivity contribution in [1.29, 1.82) is 0 Å². The fourth-order valence-corrected chi connectivity index (χ4v) is 2.21. The summed E-state index contributed by atoms with van der Waals surface area (Å²) in [6, 6.07) is 8.90. The molecule has 0 unspecified atom stereocenters. The predicted octanol–water partition coefficient (Wildman–Crippen LogP) is 4.60. The number of carbonyl (C=O) groups is 1. The quantitative estimate of drug-likeness (QED) is 0.850. The molecule has 0 radical (unpaired) electrons. The molecule has 0 bridgehead atoms. The highest BCUT2D eigenvalue weighted by Crippen LogP contribution is 2.25. The van der Waals surface area contributed by atoms with Gasteiger partial charge in [-0.2, -0.15) is 0 Å². The van der Waals surface area contributed by atoms with Crippen molar-refractivity contribution >= 4 is 46.4 Å². The highest BCUT2D eigenvalue weighted by Gasteiger charge is 2.12. The van der Waals surface area contributed by atoms with Crippen LogP contribution in [0.2, 0.25) is 15.1 Å². The Morgan fingerprint density at radius 3 is 2.16 bits per heavy atom. The van der Waals surface area contributed by atoms with Gasteiger partial charge in [-0.15, -0.1) is 0 Å². The Balaban J connectivity index is 2.25. The van der Waals surface area contributed by atoms with Crippen molar-refractivity contribution in [2.24, 2.45) is 0 Å². The maximum absolute atomic E-state index is 12.0. The molecule has 0 fully saturated rings. The van der Waals surface area contributed by atoms with Gasteiger partial charge in [0.1, 0.15) is 5.75 Å². The first-order valence-electron chi connectivity index (χ1n) is 5.21. The standard InChI is InChI=1S/C13H8Cl3NO2/c14-7-1-2-11(12(18)6-7)13(19)17-10-4-8(15)3-9(16)5-10/h1-6,18H,(H,17,19). The van der Waals surface area contributed by atoms with Crippen LogP contribution in [-0.2, 0) is 0 Å². The normalized spacial score (nSPS) is 10.3. The van der Waals surface area contributed by atoms with E-state index in [1.54, 1.807) is 18.2 Å². The molecule has 0 aliphatic carbocycles. The Morgan fingerprint density at radius 2 is 1.58 bits per heavy atom. The molecule has 2 aromatic carbocycles. The van der Waals surface area contributed by atoms with Crippen LogP contribution in [0.1, 0.15) is 10.4 Å². The largest absolute Gasteiger partial charge is 0.507 e. The van der Waals surface area contributed by atoms with Crippen LogP contribution in [0.3, 0.4) is 0 Å². The average Bonchev–Trinajstić information content (AvgIpc) is 2.26. The van der Waals surface area contributed by atoms with E-state index in [0.717, 1.165) is 0 Å². The smallest absolute Gasteiger partial charge is 0.259 e. The van der Waals surface area contributed by atoms with Crippen molar-refractivity contribution in [3.8, 4) is 5.75 Å². The highest BCUT2D eigenvalue weighted by molar-refractivity contribution is 6.35. The number of halogens is 3. The number of carbonyl (C=O) groups excluding carboxylic acids is 1. The molecule has 19 heavy (non-hydrogen) atoms. The third-order valence-electron chi connectivity index (χ3n) is 2.32. The van der Waals surface area contributed by atoms with Gasteiger partial charge in [-0.25, -0.2) is 0 Å². The van der Waals surface area contributed by atoms with Crippen LogP contribution in [0, 0.1) is 0 Å². The topological polar surface area (TPSA) is 49.3 Å². The molecule has 0 aliphatic heterocycles. The first-order valence-corrected chi connectivity index (χ1v) is 6.35. The summed E-state index contributed by atoms with van der Waals surface area (Å²) >= 11 is 17.4. The molecule has 2 rings (SSSR count). The molecule has 2 N–H and O–H groups in total. The molecule has 6 heteroatoms. The number of hydrogen-bond donors (Lipinski definition) is 2. The lowest BCUT2D eigenvalue weighted by Crippen LogP contribution is -2.12. The predicted molar refractivity (Wildman–Crippen MR) is 77.5 cm³/mol. The van der Waals surface area contributed by atoms with Gasteiger partial charge in [0.2, 0.25) is 0 Å². The van der Waals surface area contributed by atoms with Crippen LogP contribution < -0.4 is 5.32 Å². The minimum Gasteiger partial charge on any atom is -0.507 e. The van der Waals surface area contributed by atoms with Crippen molar-refractivity contribution in [1.82, 2.24) is 0 Å². The van der Waals surface area contributed by atoms with Gasteiger partial charge in [-0.05, 0) is 36.4 Å². The van der Waals surface area contributed by atoms with E-state index in [2.05, 4.69) is 5.32 Å². The van der Waals surface area contributed by atoms with Crippen molar-refractivity contribution < 1.29 is 9.90 Å². The van der Waals surface area contributed by atoms with E-state index in [0.29, 0.717) is 20.8 Å². The highest BCUT2D eigenvalue weighted by atomic mass is 35.5. The van der Waals surface area contributed by atoms with E-state index in [9.17, 15) is 9.90 Å². The summed E-state index contributed by atoms with van der Waals surface area (Å²) < 4.78 is 0. The molecule has 1 amide bonds. The summed E-state index contributed by atoms with van der Waals surface area (Å²) in [6.07, 6.45) is 0.